The number of benzene rings is 1. The zero-order valence-corrected chi connectivity index (χ0v) is 15.5. The molecule has 2 atom stereocenters. The minimum atomic E-state index is -1.18. The van der Waals surface area contributed by atoms with E-state index in [1.807, 2.05) is 12.1 Å². The molecule has 1 rings (SSSR count). The van der Waals surface area contributed by atoms with Gasteiger partial charge in [0.1, 0.15) is 0 Å². The number of ether oxygens (including phenoxy) is 2. The van der Waals surface area contributed by atoms with Crippen LogP contribution < -0.4 is 5.32 Å². The molecule has 0 saturated heterocycles. The molecular weight excluding hydrogens is 322 g/mol. The largest absolute Gasteiger partial charge is 0.466 e. The first-order chi connectivity index (χ1) is 11.9. The molecule has 0 aliphatic carbocycles. The molecule has 0 radical (unpaired) electrons. The van der Waals surface area contributed by atoms with Gasteiger partial charge in [-0.1, -0.05) is 26.0 Å². The van der Waals surface area contributed by atoms with Crippen molar-refractivity contribution in [3.8, 4) is 0 Å². The van der Waals surface area contributed by atoms with Crippen LogP contribution in [0.15, 0.2) is 24.3 Å². The lowest BCUT2D eigenvalue weighted by atomic mass is 10.0. The summed E-state index contributed by atoms with van der Waals surface area (Å²) in [7, 11) is 0. The molecule has 1 aromatic carbocycles. The average molecular weight is 351 g/mol. The molecule has 2 N–H and O–H groups in total. The molecule has 0 spiro atoms. The summed E-state index contributed by atoms with van der Waals surface area (Å²) in [5.74, 6) is -0.302. The van der Waals surface area contributed by atoms with Crippen LogP contribution in [0.25, 0.3) is 0 Å². The monoisotopic (exact) mass is 351 g/mol. The highest BCUT2D eigenvalue weighted by Crippen LogP contribution is 2.15. The number of rotatable bonds is 10. The highest BCUT2D eigenvalue weighted by molar-refractivity contribution is 5.94. The van der Waals surface area contributed by atoms with E-state index >= 15 is 0 Å². The standard InChI is InChI=1S/C19H29NO5/c1-5-24-17(21)12-11-16(19(23)25-6-2)20-18(22)15-9-7-14(8-10-15)13(3)4/h7-10,13,16,19,23H,5-6,11-12H2,1-4H3,(H,20,22)/t16-,19?/m0/s1. The minimum absolute atomic E-state index is 0.0925. The quantitative estimate of drug-likeness (QED) is 0.500. The maximum Gasteiger partial charge on any atom is 0.305 e. The summed E-state index contributed by atoms with van der Waals surface area (Å²) >= 11 is 0. The fourth-order valence-corrected chi connectivity index (χ4v) is 2.35. The normalized spacial score (nSPS) is 13.4. The number of amides is 1. The Kier molecular flexibility index (Phi) is 9.16. The molecule has 0 aliphatic heterocycles. The number of carbonyl (C=O) groups is 2. The zero-order chi connectivity index (χ0) is 18.8. The van der Waals surface area contributed by atoms with Crippen LogP contribution in [-0.2, 0) is 14.3 Å². The second kappa shape index (κ2) is 10.8. The Bertz CT molecular complexity index is 541. The van der Waals surface area contributed by atoms with E-state index in [4.69, 9.17) is 9.47 Å². The molecule has 0 bridgehead atoms. The molecule has 6 heteroatoms. The van der Waals surface area contributed by atoms with Gasteiger partial charge >= 0.3 is 5.97 Å². The van der Waals surface area contributed by atoms with Crippen LogP contribution in [0.4, 0.5) is 0 Å². The van der Waals surface area contributed by atoms with Crippen molar-refractivity contribution in [1.29, 1.82) is 0 Å². The van der Waals surface area contributed by atoms with Gasteiger partial charge in [0.2, 0.25) is 0 Å². The molecule has 0 aromatic heterocycles. The summed E-state index contributed by atoms with van der Waals surface area (Å²) in [6.07, 6.45) is -0.858. The van der Waals surface area contributed by atoms with Crippen LogP contribution in [-0.4, -0.2) is 42.5 Å². The van der Waals surface area contributed by atoms with Gasteiger partial charge in [-0.25, -0.2) is 0 Å². The zero-order valence-electron chi connectivity index (χ0n) is 15.5. The molecule has 1 amide bonds. The molecular formula is C19H29NO5. The predicted molar refractivity (Wildman–Crippen MR) is 95.3 cm³/mol. The lowest BCUT2D eigenvalue weighted by molar-refractivity contribution is -0.145. The van der Waals surface area contributed by atoms with Crippen molar-refractivity contribution in [2.75, 3.05) is 13.2 Å². The van der Waals surface area contributed by atoms with Gasteiger partial charge in [0.25, 0.3) is 5.91 Å². The van der Waals surface area contributed by atoms with Gasteiger partial charge in [-0.05, 0) is 43.9 Å². The first-order valence-corrected chi connectivity index (χ1v) is 8.75. The third kappa shape index (κ3) is 7.23. The maximum absolute atomic E-state index is 12.4. The van der Waals surface area contributed by atoms with Gasteiger partial charge in [0.05, 0.1) is 12.6 Å². The summed E-state index contributed by atoms with van der Waals surface area (Å²) in [4.78, 5) is 23.9. The van der Waals surface area contributed by atoms with Gasteiger partial charge in [-0.2, -0.15) is 0 Å². The van der Waals surface area contributed by atoms with E-state index in [-0.39, 0.29) is 24.7 Å². The van der Waals surface area contributed by atoms with Gasteiger partial charge in [-0.15, -0.1) is 0 Å². The lowest BCUT2D eigenvalue weighted by Crippen LogP contribution is -2.45. The number of aliphatic hydroxyl groups is 1. The van der Waals surface area contributed by atoms with E-state index in [2.05, 4.69) is 19.2 Å². The van der Waals surface area contributed by atoms with Crippen LogP contribution in [0.1, 0.15) is 62.4 Å². The maximum atomic E-state index is 12.4. The van der Waals surface area contributed by atoms with E-state index in [0.29, 0.717) is 24.7 Å². The third-order valence-corrected chi connectivity index (χ3v) is 3.80. The van der Waals surface area contributed by atoms with Gasteiger partial charge < -0.3 is 19.9 Å². The number of hydrogen-bond donors (Lipinski definition) is 2. The predicted octanol–water partition coefficient (Wildman–Crippen LogP) is 2.61. The van der Waals surface area contributed by atoms with Gasteiger partial charge in [-0.3, -0.25) is 9.59 Å². The molecule has 6 nitrogen and oxygen atoms in total. The second-order valence-corrected chi connectivity index (χ2v) is 6.05. The van der Waals surface area contributed by atoms with Crippen LogP contribution >= 0.6 is 0 Å². The molecule has 0 fully saturated rings. The Morgan fingerprint density at radius 3 is 2.28 bits per heavy atom. The number of esters is 1. The summed E-state index contributed by atoms with van der Waals surface area (Å²) in [6.45, 7) is 8.24. The first kappa shape index (κ1) is 21.1. The van der Waals surface area contributed by atoms with Crippen molar-refractivity contribution in [2.24, 2.45) is 0 Å². The van der Waals surface area contributed by atoms with Crippen molar-refractivity contribution >= 4 is 11.9 Å². The van der Waals surface area contributed by atoms with E-state index < -0.39 is 12.3 Å². The van der Waals surface area contributed by atoms with E-state index in [9.17, 15) is 14.7 Å². The second-order valence-electron chi connectivity index (χ2n) is 6.05. The van der Waals surface area contributed by atoms with E-state index in [1.165, 1.54) is 0 Å². The summed E-state index contributed by atoms with van der Waals surface area (Å²) < 4.78 is 10.1. The Hall–Kier alpha value is -1.92. The topological polar surface area (TPSA) is 84.9 Å². The van der Waals surface area contributed by atoms with Crippen molar-refractivity contribution in [1.82, 2.24) is 5.32 Å². The van der Waals surface area contributed by atoms with E-state index in [0.717, 1.165) is 5.56 Å². The lowest BCUT2D eigenvalue weighted by Gasteiger charge is -2.23. The fraction of sp³-hybridized carbons (Fsp3) is 0.579. The molecule has 25 heavy (non-hydrogen) atoms. The number of aliphatic hydroxyl groups excluding tert-OH is 1. The average Bonchev–Trinajstić information content (AvgIpc) is 2.58. The minimum Gasteiger partial charge on any atom is -0.466 e. The SMILES string of the molecule is CCOC(=O)CC[C@H](NC(=O)c1ccc(C(C)C)cc1)C(O)OCC. The molecule has 0 aliphatic rings. The van der Waals surface area contributed by atoms with Crippen molar-refractivity contribution in [3.63, 3.8) is 0 Å². The Balaban J connectivity index is 2.74. The summed E-state index contributed by atoms with van der Waals surface area (Å²) in [5.41, 5.74) is 1.64. The Morgan fingerprint density at radius 1 is 1.12 bits per heavy atom. The Labute approximate surface area is 149 Å². The smallest absolute Gasteiger partial charge is 0.305 e. The van der Waals surface area contributed by atoms with Crippen LogP contribution in [0.2, 0.25) is 0 Å². The Morgan fingerprint density at radius 2 is 1.76 bits per heavy atom. The molecule has 140 valence electrons. The first-order valence-electron chi connectivity index (χ1n) is 8.75. The molecule has 0 heterocycles. The molecule has 1 aromatic rings. The number of nitrogens with one attached hydrogen (secondary N) is 1. The van der Waals surface area contributed by atoms with E-state index in [1.54, 1.807) is 26.0 Å². The van der Waals surface area contributed by atoms with Gasteiger partial charge in [0.15, 0.2) is 6.29 Å². The van der Waals surface area contributed by atoms with Gasteiger partial charge in [0, 0.05) is 18.6 Å². The highest BCUT2D eigenvalue weighted by Gasteiger charge is 2.23. The molecule has 1 unspecified atom stereocenters. The van der Waals surface area contributed by atoms with Crippen molar-refractivity contribution in [3.05, 3.63) is 35.4 Å². The van der Waals surface area contributed by atoms with Crippen molar-refractivity contribution < 1.29 is 24.2 Å². The van der Waals surface area contributed by atoms with Crippen LogP contribution in [0.5, 0.6) is 0 Å². The number of hydrogen-bond acceptors (Lipinski definition) is 5. The van der Waals surface area contributed by atoms with Crippen LogP contribution in [0, 0.1) is 0 Å². The van der Waals surface area contributed by atoms with Crippen molar-refractivity contribution in [2.45, 2.75) is 58.8 Å². The summed E-state index contributed by atoms with van der Waals surface area (Å²) in [5, 5.41) is 12.8. The third-order valence-electron chi connectivity index (χ3n) is 3.80. The van der Waals surface area contributed by atoms with Crippen LogP contribution in [0.3, 0.4) is 0 Å². The summed E-state index contributed by atoms with van der Waals surface area (Å²) in [6, 6.07) is 6.63. The molecule has 0 saturated carbocycles. The number of carbonyl (C=O) groups excluding carboxylic acids is 2. The highest BCUT2D eigenvalue weighted by atomic mass is 16.6. The fourth-order valence-electron chi connectivity index (χ4n) is 2.35.